The molecule has 156 valence electrons. The van der Waals surface area contributed by atoms with Gasteiger partial charge in [0.1, 0.15) is 0 Å². The van der Waals surface area contributed by atoms with E-state index in [0.717, 1.165) is 36.8 Å². The van der Waals surface area contributed by atoms with E-state index in [1.165, 1.54) is 0 Å². The zero-order valence-electron chi connectivity index (χ0n) is 16.8. The first-order valence-corrected chi connectivity index (χ1v) is 9.95. The fourth-order valence-electron chi connectivity index (χ4n) is 3.85. The van der Waals surface area contributed by atoms with E-state index < -0.39 is 6.04 Å². The number of hydrogen-bond donors (Lipinski definition) is 3. The van der Waals surface area contributed by atoms with Gasteiger partial charge in [0.05, 0.1) is 18.0 Å². The first-order valence-electron chi connectivity index (χ1n) is 9.95. The van der Waals surface area contributed by atoms with Gasteiger partial charge in [-0.05, 0) is 37.5 Å². The van der Waals surface area contributed by atoms with Crippen LogP contribution in [0.15, 0.2) is 54.6 Å². The Morgan fingerprint density at radius 1 is 1.03 bits per heavy atom. The summed E-state index contributed by atoms with van der Waals surface area (Å²) in [6.45, 7) is 2.43. The van der Waals surface area contributed by atoms with Crippen molar-refractivity contribution in [2.24, 2.45) is 5.73 Å². The number of amides is 2. The van der Waals surface area contributed by atoms with Crippen molar-refractivity contribution in [3.63, 3.8) is 0 Å². The first kappa shape index (κ1) is 22.9. The van der Waals surface area contributed by atoms with Crippen LogP contribution >= 0.6 is 12.4 Å². The van der Waals surface area contributed by atoms with Crippen LogP contribution < -0.4 is 16.4 Å². The highest BCUT2D eigenvalue weighted by Gasteiger charge is 2.34. The lowest BCUT2D eigenvalue weighted by atomic mass is 9.96. The highest BCUT2D eigenvalue weighted by molar-refractivity contribution is 5.94. The maximum atomic E-state index is 12.8. The molecule has 3 rings (SSSR count). The van der Waals surface area contributed by atoms with Crippen LogP contribution in [-0.4, -0.2) is 23.9 Å². The first-order chi connectivity index (χ1) is 13.5. The number of nitrogens with two attached hydrogens (primary N) is 1. The zero-order chi connectivity index (χ0) is 20.0. The highest BCUT2D eigenvalue weighted by atomic mass is 35.5. The molecule has 1 saturated carbocycles. The van der Waals surface area contributed by atoms with Crippen LogP contribution in [0.4, 0.5) is 0 Å². The van der Waals surface area contributed by atoms with Crippen LogP contribution in [0.25, 0.3) is 0 Å². The lowest BCUT2D eigenvalue weighted by molar-refractivity contribution is -0.123. The number of carbonyl (C=O) groups excluding carboxylic acids is 2. The van der Waals surface area contributed by atoms with E-state index in [2.05, 4.69) is 10.6 Å². The Bertz CT molecular complexity index is 803. The van der Waals surface area contributed by atoms with Crippen LogP contribution in [0.1, 0.15) is 59.6 Å². The summed E-state index contributed by atoms with van der Waals surface area (Å²) < 4.78 is 0. The van der Waals surface area contributed by atoms with E-state index in [1.807, 2.05) is 49.4 Å². The third kappa shape index (κ3) is 6.05. The second-order valence-electron chi connectivity index (χ2n) is 7.75. The summed E-state index contributed by atoms with van der Waals surface area (Å²) in [5.41, 5.74) is 8.24. The van der Waals surface area contributed by atoms with E-state index in [-0.39, 0.29) is 36.2 Å². The molecule has 0 spiro atoms. The quantitative estimate of drug-likeness (QED) is 0.645. The second-order valence-corrected chi connectivity index (χ2v) is 7.75. The lowest BCUT2D eigenvalue weighted by Gasteiger charge is -2.30. The van der Waals surface area contributed by atoms with Gasteiger partial charge in [-0.3, -0.25) is 9.59 Å². The van der Waals surface area contributed by atoms with Gasteiger partial charge >= 0.3 is 0 Å². The van der Waals surface area contributed by atoms with Crippen LogP contribution in [0.5, 0.6) is 0 Å². The number of hydrogen-bond acceptors (Lipinski definition) is 3. The van der Waals surface area contributed by atoms with E-state index in [1.54, 1.807) is 12.1 Å². The van der Waals surface area contributed by atoms with Crippen molar-refractivity contribution in [2.75, 3.05) is 6.54 Å². The zero-order valence-corrected chi connectivity index (χ0v) is 17.6. The topological polar surface area (TPSA) is 84.2 Å². The smallest absolute Gasteiger partial charge is 0.251 e. The van der Waals surface area contributed by atoms with Crippen LogP contribution in [0.3, 0.4) is 0 Å². The number of benzene rings is 2. The number of halogens is 1. The molecular weight excluding hydrogens is 386 g/mol. The molecule has 1 atom stereocenters. The van der Waals surface area contributed by atoms with Gasteiger partial charge in [0.15, 0.2) is 0 Å². The predicted octanol–water partition coefficient (Wildman–Crippen LogP) is 3.67. The van der Waals surface area contributed by atoms with Crippen LogP contribution in [0, 0.1) is 6.92 Å². The minimum absolute atomic E-state index is 0. The third-order valence-corrected chi connectivity index (χ3v) is 5.57. The number of rotatable bonds is 7. The molecule has 2 amide bonds. The fourth-order valence-corrected chi connectivity index (χ4v) is 3.85. The van der Waals surface area contributed by atoms with E-state index in [9.17, 15) is 9.59 Å². The van der Waals surface area contributed by atoms with Crippen molar-refractivity contribution in [3.8, 4) is 0 Å². The number of nitrogens with one attached hydrogen (secondary N) is 2. The summed E-state index contributed by atoms with van der Waals surface area (Å²) in [5, 5.41) is 6.17. The van der Waals surface area contributed by atoms with Gasteiger partial charge in [0, 0.05) is 12.1 Å². The van der Waals surface area contributed by atoms with Crippen molar-refractivity contribution >= 4 is 24.2 Å². The maximum absolute atomic E-state index is 12.8. The fraction of sp³-hybridized carbons (Fsp3) is 0.391. The molecule has 1 fully saturated rings. The molecule has 0 aromatic heterocycles. The molecule has 6 heteroatoms. The van der Waals surface area contributed by atoms with Crippen molar-refractivity contribution < 1.29 is 9.59 Å². The molecule has 0 radical (unpaired) electrons. The summed E-state index contributed by atoms with van der Waals surface area (Å²) >= 11 is 0. The lowest BCUT2D eigenvalue weighted by Crippen LogP contribution is -2.52. The molecule has 4 N–H and O–H groups in total. The van der Waals surface area contributed by atoms with Gasteiger partial charge in [-0.25, -0.2) is 0 Å². The molecule has 0 heterocycles. The average molecular weight is 416 g/mol. The van der Waals surface area contributed by atoms with Crippen LogP contribution in [0.2, 0.25) is 0 Å². The Labute approximate surface area is 178 Å². The summed E-state index contributed by atoms with van der Waals surface area (Å²) in [4.78, 5) is 25.5. The van der Waals surface area contributed by atoms with Gasteiger partial charge in [0.2, 0.25) is 5.91 Å². The van der Waals surface area contributed by atoms with Crippen molar-refractivity contribution in [2.45, 2.75) is 50.6 Å². The molecule has 0 bridgehead atoms. The Morgan fingerprint density at radius 2 is 1.66 bits per heavy atom. The van der Waals surface area contributed by atoms with Gasteiger partial charge in [-0.2, -0.15) is 0 Å². The minimum atomic E-state index is -0.397. The summed E-state index contributed by atoms with van der Waals surface area (Å²) in [6.07, 6.45) is 4.19. The summed E-state index contributed by atoms with van der Waals surface area (Å²) in [6, 6.07) is 16.6. The SMILES string of the molecule is Cc1ccc(C(=O)NC(CC(=O)NC2(CN)CCCC2)c2ccccc2)cc1.Cl. The molecule has 2 aromatic rings. The Balaban J connectivity index is 0.00000300. The highest BCUT2D eigenvalue weighted by Crippen LogP contribution is 2.29. The second kappa shape index (κ2) is 10.4. The van der Waals surface area contributed by atoms with Crippen molar-refractivity contribution in [3.05, 3.63) is 71.3 Å². The van der Waals surface area contributed by atoms with Crippen molar-refractivity contribution in [1.29, 1.82) is 0 Å². The van der Waals surface area contributed by atoms with Gasteiger partial charge in [-0.15, -0.1) is 12.4 Å². The molecule has 1 aliphatic rings. The molecule has 1 unspecified atom stereocenters. The molecular formula is C23H30ClN3O2. The van der Waals surface area contributed by atoms with E-state index in [4.69, 9.17) is 5.73 Å². The minimum Gasteiger partial charge on any atom is -0.349 e. The average Bonchev–Trinajstić information content (AvgIpc) is 3.17. The van der Waals surface area contributed by atoms with E-state index >= 15 is 0 Å². The third-order valence-electron chi connectivity index (χ3n) is 5.57. The molecule has 1 aliphatic carbocycles. The largest absolute Gasteiger partial charge is 0.349 e. The van der Waals surface area contributed by atoms with Gasteiger partial charge in [0.25, 0.3) is 5.91 Å². The monoisotopic (exact) mass is 415 g/mol. The van der Waals surface area contributed by atoms with Crippen molar-refractivity contribution in [1.82, 2.24) is 10.6 Å². The molecule has 0 saturated heterocycles. The summed E-state index contributed by atoms with van der Waals surface area (Å²) in [7, 11) is 0. The number of aryl methyl sites for hydroxylation is 1. The Kier molecular flexibility index (Phi) is 8.23. The molecule has 0 aliphatic heterocycles. The Hall–Kier alpha value is -2.37. The van der Waals surface area contributed by atoms with E-state index in [0.29, 0.717) is 12.1 Å². The standard InChI is InChI=1S/C23H29N3O2.ClH/c1-17-9-11-19(12-10-17)22(28)25-20(18-7-3-2-4-8-18)15-21(27)26-23(16-24)13-5-6-14-23;/h2-4,7-12,20H,5-6,13-16,24H2,1H3,(H,25,28)(H,26,27);1H. The molecule has 5 nitrogen and oxygen atoms in total. The van der Waals surface area contributed by atoms with Gasteiger partial charge in [-0.1, -0.05) is 60.9 Å². The van der Waals surface area contributed by atoms with Gasteiger partial charge < -0.3 is 16.4 Å². The summed E-state index contributed by atoms with van der Waals surface area (Å²) in [5.74, 6) is -0.263. The van der Waals surface area contributed by atoms with Crippen LogP contribution in [-0.2, 0) is 4.79 Å². The predicted molar refractivity (Wildman–Crippen MR) is 118 cm³/mol. The number of carbonyl (C=O) groups is 2. The molecule has 2 aromatic carbocycles. The normalized spacial score (nSPS) is 15.8. The maximum Gasteiger partial charge on any atom is 0.251 e. The Morgan fingerprint density at radius 3 is 2.24 bits per heavy atom. The molecule has 29 heavy (non-hydrogen) atoms.